The molecule has 1 aliphatic heterocycles. The molecule has 0 saturated carbocycles. The molecule has 1 saturated heterocycles. The molecule has 3 heterocycles. The Morgan fingerprint density at radius 2 is 2.24 bits per heavy atom. The lowest BCUT2D eigenvalue weighted by Gasteiger charge is -2.21. The van der Waals surface area contributed by atoms with Crippen LogP contribution < -0.4 is 5.32 Å². The largest absolute Gasteiger partial charge is 0.368 e. The van der Waals surface area contributed by atoms with Gasteiger partial charge in [-0.15, -0.1) is 11.3 Å². The summed E-state index contributed by atoms with van der Waals surface area (Å²) in [5, 5.41) is 6.43. The quantitative estimate of drug-likeness (QED) is 0.880. The highest BCUT2D eigenvalue weighted by Crippen LogP contribution is 2.27. The van der Waals surface area contributed by atoms with Gasteiger partial charge in [0.05, 0.1) is 12.3 Å². The van der Waals surface area contributed by atoms with Gasteiger partial charge in [0.25, 0.3) is 0 Å². The monoisotopic (exact) mass is 247 g/mol. The van der Waals surface area contributed by atoms with Gasteiger partial charge in [-0.25, -0.2) is 4.98 Å². The van der Waals surface area contributed by atoms with Gasteiger partial charge >= 0.3 is 0 Å². The fourth-order valence-corrected chi connectivity index (χ4v) is 2.69. The zero-order chi connectivity index (χ0) is 11.5. The van der Waals surface area contributed by atoms with Crippen molar-refractivity contribution in [3.63, 3.8) is 0 Å². The van der Waals surface area contributed by atoms with E-state index in [1.807, 2.05) is 12.1 Å². The second-order valence-corrected chi connectivity index (χ2v) is 4.76. The van der Waals surface area contributed by atoms with Gasteiger partial charge in [0.15, 0.2) is 0 Å². The maximum Gasteiger partial charge on any atom is 0.124 e. The Balaban J connectivity index is 1.83. The average molecular weight is 247 g/mol. The summed E-state index contributed by atoms with van der Waals surface area (Å²) < 4.78 is 5.69. The van der Waals surface area contributed by atoms with Crippen LogP contribution >= 0.6 is 11.3 Å². The molecule has 1 N–H and O–H groups in total. The molecule has 17 heavy (non-hydrogen) atoms. The first kappa shape index (κ1) is 10.8. The van der Waals surface area contributed by atoms with Crippen molar-refractivity contribution in [1.82, 2.24) is 15.3 Å². The van der Waals surface area contributed by atoms with Gasteiger partial charge in [-0.05, 0) is 12.1 Å². The normalized spacial score (nSPS) is 20.4. The number of hydrogen-bond donors (Lipinski definition) is 1. The highest BCUT2D eigenvalue weighted by Gasteiger charge is 2.19. The molecule has 88 valence electrons. The van der Waals surface area contributed by atoms with Crippen LogP contribution in [0.1, 0.15) is 11.1 Å². The molecule has 2 aromatic heterocycles. The van der Waals surface area contributed by atoms with E-state index in [1.54, 1.807) is 23.7 Å². The number of rotatable bonds is 2. The maximum absolute atomic E-state index is 5.69. The van der Waals surface area contributed by atoms with Crippen LogP contribution in [0, 0.1) is 0 Å². The minimum atomic E-state index is 0.101. The number of hydrogen-bond acceptors (Lipinski definition) is 5. The molecular weight excluding hydrogens is 234 g/mol. The second kappa shape index (κ2) is 4.91. The minimum absolute atomic E-state index is 0.101. The first-order valence-corrected chi connectivity index (χ1v) is 6.49. The van der Waals surface area contributed by atoms with Crippen LogP contribution in [0.15, 0.2) is 29.9 Å². The van der Waals surface area contributed by atoms with E-state index in [-0.39, 0.29) is 6.10 Å². The van der Waals surface area contributed by atoms with Gasteiger partial charge < -0.3 is 10.1 Å². The topological polar surface area (TPSA) is 47.0 Å². The Morgan fingerprint density at radius 1 is 1.35 bits per heavy atom. The van der Waals surface area contributed by atoms with E-state index >= 15 is 0 Å². The number of ether oxygens (including phenoxy) is 1. The van der Waals surface area contributed by atoms with Gasteiger partial charge in [-0.1, -0.05) is 0 Å². The van der Waals surface area contributed by atoms with Crippen molar-refractivity contribution in [3.8, 4) is 11.3 Å². The molecule has 3 rings (SSSR count). The Kier molecular flexibility index (Phi) is 3.13. The summed E-state index contributed by atoms with van der Waals surface area (Å²) in [6.45, 7) is 2.54. The van der Waals surface area contributed by atoms with Crippen LogP contribution in [0.25, 0.3) is 11.3 Å². The van der Waals surface area contributed by atoms with Crippen molar-refractivity contribution in [3.05, 3.63) is 34.9 Å². The lowest BCUT2D eigenvalue weighted by atomic mass is 10.2. The number of aromatic nitrogens is 2. The number of morpholine rings is 1. The van der Waals surface area contributed by atoms with Crippen molar-refractivity contribution >= 4 is 11.3 Å². The average Bonchev–Trinajstić information content (AvgIpc) is 2.90. The third kappa shape index (κ3) is 2.36. The molecule has 1 atom stereocenters. The summed E-state index contributed by atoms with van der Waals surface area (Å²) in [6.07, 6.45) is 3.67. The smallest absolute Gasteiger partial charge is 0.124 e. The van der Waals surface area contributed by atoms with Crippen LogP contribution in [0.4, 0.5) is 0 Å². The summed E-state index contributed by atoms with van der Waals surface area (Å²) in [7, 11) is 0. The number of pyridine rings is 1. The fraction of sp³-hybridized carbons (Fsp3) is 0.333. The van der Waals surface area contributed by atoms with Crippen LogP contribution in [0.3, 0.4) is 0 Å². The minimum Gasteiger partial charge on any atom is -0.368 e. The summed E-state index contributed by atoms with van der Waals surface area (Å²) in [6, 6.07) is 3.94. The summed E-state index contributed by atoms with van der Waals surface area (Å²) in [5.74, 6) is 0. The molecule has 1 unspecified atom stereocenters. The van der Waals surface area contributed by atoms with Crippen molar-refractivity contribution in [2.24, 2.45) is 0 Å². The molecule has 5 heteroatoms. The number of nitrogens with zero attached hydrogens (tertiary/aromatic N) is 2. The Morgan fingerprint density at radius 3 is 3.00 bits per heavy atom. The van der Waals surface area contributed by atoms with Crippen LogP contribution in [0.5, 0.6) is 0 Å². The SMILES string of the molecule is c1cc(-c2csc(C3CNCCO3)n2)ccn1. The predicted octanol–water partition coefficient (Wildman–Crippen LogP) is 1.87. The van der Waals surface area contributed by atoms with Gasteiger partial charge in [0, 0.05) is 36.4 Å². The molecule has 0 aromatic carbocycles. The predicted molar refractivity (Wildman–Crippen MR) is 66.9 cm³/mol. The van der Waals surface area contributed by atoms with Crippen LogP contribution in [0.2, 0.25) is 0 Å². The lowest BCUT2D eigenvalue weighted by molar-refractivity contribution is 0.0276. The fourth-order valence-electron chi connectivity index (χ4n) is 1.81. The standard InChI is InChI=1S/C12H13N3OS/c1-3-13-4-2-9(1)10-8-17-12(15-10)11-7-14-5-6-16-11/h1-4,8,11,14H,5-7H2. The van der Waals surface area contributed by atoms with Crippen molar-refractivity contribution < 1.29 is 4.74 Å². The molecule has 0 aliphatic carbocycles. The number of thiazole rings is 1. The zero-order valence-corrected chi connectivity index (χ0v) is 10.1. The lowest BCUT2D eigenvalue weighted by Crippen LogP contribution is -2.33. The highest BCUT2D eigenvalue weighted by molar-refractivity contribution is 7.10. The molecule has 1 aliphatic rings. The molecule has 0 radical (unpaired) electrons. The summed E-state index contributed by atoms with van der Waals surface area (Å²) >= 11 is 1.65. The Bertz CT molecular complexity index is 480. The molecule has 0 amide bonds. The van der Waals surface area contributed by atoms with Gasteiger partial charge in [-0.2, -0.15) is 0 Å². The number of nitrogens with one attached hydrogen (secondary N) is 1. The summed E-state index contributed by atoms with van der Waals surface area (Å²) in [4.78, 5) is 8.64. The van der Waals surface area contributed by atoms with Crippen molar-refractivity contribution in [2.45, 2.75) is 6.10 Å². The Hall–Kier alpha value is -1.30. The third-order valence-corrected chi connectivity index (χ3v) is 3.64. The van der Waals surface area contributed by atoms with Gasteiger partial charge in [0.2, 0.25) is 0 Å². The second-order valence-electron chi connectivity index (χ2n) is 3.87. The van der Waals surface area contributed by atoms with Gasteiger partial charge in [-0.3, -0.25) is 4.98 Å². The van der Waals surface area contributed by atoms with Crippen molar-refractivity contribution in [1.29, 1.82) is 0 Å². The van der Waals surface area contributed by atoms with Crippen LogP contribution in [-0.4, -0.2) is 29.7 Å². The van der Waals surface area contributed by atoms with E-state index < -0.39 is 0 Å². The summed E-state index contributed by atoms with van der Waals surface area (Å²) in [5.41, 5.74) is 2.10. The Labute approximate surface area is 104 Å². The molecule has 1 fully saturated rings. The molecule has 0 bridgehead atoms. The van der Waals surface area contributed by atoms with E-state index in [4.69, 9.17) is 4.74 Å². The van der Waals surface area contributed by atoms with E-state index in [2.05, 4.69) is 20.7 Å². The molecule has 0 spiro atoms. The van der Waals surface area contributed by atoms with E-state index in [9.17, 15) is 0 Å². The van der Waals surface area contributed by atoms with E-state index in [1.165, 1.54) is 0 Å². The molecular formula is C12H13N3OS. The van der Waals surface area contributed by atoms with E-state index in [0.717, 1.165) is 36.0 Å². The first-order valence-electron chi connectivity index (χ1n) is 5.61. The third-order valence-electron chi connectivity index (χ3n) is 2.70. The first-order chi connectivity index (χ1) is 8.43. The van der Waals surface area contributed by atoms with Crippen molar-refractivity contribution in [2.75, 3.05) is 19.7 Å². The maximum atomic E-state index is 5.69. The molecule has 2 aromatic rings. The van der Waals surface area contributed by atoms with Gasteiger partial charge in [0.1, 0.15) is 11.1 Å². The highest BCUT2D eigenvalue weighted by atomic mass is 32.1. The van der Waals surface area contributed by atoms with Crippen LogP contribution in [-0.2, 0) is 4.74 Å². The van der Waals surface area contributed by atoms with E-state index in [0.29, 0.717) is 0 Å². The molecule has 4 nitrogen and oxygen atoms in total. The zero-order valence-electron chi connectivity index (χ0n) is 9.30.